The van der Waals surface area contributed by atoms with Gasteiger partial charge in [0.2, 0.25) is 0 Å². The normalized spacial score (nSPS) is 16.0. The second-order valence-corrected chi connectivity index (χ2v) is 6.91. The van der Waals surface area contributed by atoms with E-state index in [1.165, 1.54) is 0 Å². The number of halogens is 1. The zero-order valence-electron chi connectivity index (χ0n) is 14.5. The van der Waals surface area contributed by atoms with E-state index < -0.39 is 5.76 Å². The molecule has 1 aromatic heterocycles. The third kappa shape index (κ3) is 3.71. The number of fused-ring (bicyclic) bond motifs is 2. The molecule has 1 atom stereocenters. The number of benzene rings is 2. The molecular weight excluding hydrogens is 370 g/mol. The SMILES string of the molecule is O=C(OCCCn1c(=O)oc2ccccc21)C1COc2ccc(Cl)cc2C1. The van der Waals surface area contributed by atoms with Gasteiger partial charge in [0, 0.05) is 11.6 Å². The number of aryl methyl sites for hydroxylation is 1. The van der Waals surface area contributed by atoms with Crippen LogP contribution in [0.3, 0.4) is 0 Å². The molecule has 0 bridgehead atoms. The van der Waals surface area contributed by atoms with Gasteiger partial charge in [0.1, 0.15) is 12.4 Å². The Morgan fingerprint density at radius 2 is 2.11 bits per heavy atom. The van der Waals surface area contributed by atoms with Gasteiger partial charge >= 0.3 is 11.7 Å². The van der Waals surface area contributed by atoms with Crippen molar-refractivity contribution in [2.45, 2.75) is 19.4 Å². The first-order valence-electron chi connectivity index (χ1n) is 8.78. The summed E-state index contributed by atoms with van der Waals surface area (Å²) in [4.78, 5) is 24.2. The number of esters is 1. The molecule has 3 aromatic rings. The number of hydrogen-bond donors (Lipinski definition) is 0. The maximum Gasteiger partial charge on any atom is 0.419 e. The number of rotatable bonds is 5. The zero-order chi connectivity index (χ0) is 18.8. The van der Waals surface area contributed by atoms with Gasteiger partial charge in [-0.2, -0.15) is 0 Å². The van der Waals surface area contributed by atoms with Gasteiger partial charge in [0.25, 0.3) is 0 Å². The largest absolute Gasteiger partial charge is 0.492 e. The molecular formula is C20H18ClNO5. The van der Waals surface area contributed by atoms with E-state index in [2.05, 4.69) is 0 Å². The minimum atomic E-state index is -0.406. The third-order valence-electron chi connectivity index (χ3n) is 4.61. The van der Waals surface area contributed by atoms with Crippen LogP contribution in [0.15, 0.2) is 51.7 Å². The van der Waals surface area contributed by atoms with Crippen molar-refractivity contribution < 1.29 is 18.7 Å². The van der Waals surface area contributed by atoms with E-state index in [0.29, 0.717) is 36.6 Å². The molecule has 27 heavy (non-hydrogen) atoms. The molecule has 4 rings (SSSR count). The Bertz CT molecular complexity index is 1040. The lowest BCUT2D eigenvalue weighted by Crippen LogP contribution is -2.30. The molecule has 0 saturated carbocycles. The monoisotopic (exact) mass is 387 g/mol. The molecule has 0 spiro atoms. The first-order valence-corrected chi connectivity index (χ1v) is 9.16. The van der Waals surface area contributed by atoms with Crippen molar-refractivity contribution in [1.82, 2.24) is 4.57 Å². The van der Waals surface area contributed by atoms with Crippen LogP contribution in [-0.2, 0) is 22.5 Å². The number of nitrogens with zero attached hydrogens (tertiary/aromatic N) is 1. The Labute approximate surface area is 160 Å². The molecule has 1 aliphatic heterocycles. The number of carbonyl (C=O) groups is 1. The second kappa shape index (κ2) is 7.48. The molecule has 0 saturated heterocycles. The van der Waals surface area contributed by atoms with Crippen LogP contribution < -0.4 is 10.5 Å². The van der Waals surface area contributed by atoms with Crippen LogP contribution >= 0.6 is 11.6 Å². The van der Waals surface area contributed by atoms with Crippen LogP contribution in [0.2, 0.25) is 5.02 Å². The molecule has 0 radical (unpaired) electrons. The van der Waals surface area contributed by atoms with Gasteiger partial charge in [-0.05, 0) is 48.7 Å². The summed E-state index contributed by atoms with van der Waals surface area (Å²) in [5.74, 6) is -0.301. The number of carbonyl (C=O) groups excluding carboxylic acids is 1. The molecule has 1 aliphatic rings. The minimum absolute atomic E-state index is 0.226. The first-order chi connectivity index (χ1) is 13.1. The van der Waals surface area contributed by atoms with Gasteiger partial charge in [-0.15, -0.1) is 0 Å². The van der Waals surface area contributed by atoms with Crippen molar-refractivity contribution in [1.29, 1.82) is 0 Å². The second-order valence-electron chi connectivity index (χ2n) is 6.47. The maximum absolute atomic E-state index is 12.3. The fourth-order valence-electron chi connectivity index (χ4n) is 3.25. The van der Waals surface area contributed by atoms with Crippen molar-refractivity contribution in [2.75, 3.05) is 13.2 Å². The number of hydrogen-bond acceptors (Lipinski definition) is 5. The lowest BCUT2D eigenvalue weighted by molar-refractivity contribution is -0.150. The average Bonchev–Trinajstić information content (AvgIpc) is 2.99. The number of oxazole rings is 1. The summed E-state index contributed by atoms with van der Waals surface area (Å²) >= 11 is 6.00. The highest BCUT2D eigenvalue weighted by atomic mass is 35.5. The number of ether oxygens (including phenoxy) is 2. The van der Waals surface area contributed by atoms with Crippen LogP contribution in [0.5, 0.6) is 5.75 Å². The molecule has 0 fully saturated rings. The molecule has 0 aliphatic carbocycles. The molecule has 2 aromatic carbocycles. The molecule has 7 heteroatoms. The van der Waals surface area contributed by atoms with Gasteiger partial charge in [-0.1, -0.05) is 23.7 Å². The Morgan fingerprint density at radius 3 is 3.00 bits per heavy atom. The van der Waals surface area contributed by atoms with E-state index in [1.54, 1.807) is 16.7 Å². The van der Waals surface area contributed by atoms with Gasteiger partial charge in [0.05, 0.1) is 18.0 Å². The van der Waals surface area contributed by atoms with Gasteiger partial charge in [-0.25, -0.2) is 4.79 Å². The fourth-order valence-corrected chi connectivity index (χ4v) is 3.45. The summed E-state index contributed by atoms with van der Waals surface area (Å²) < 4.78 is 17.7. The summed E-state index contributed by atoms with van der Waals surface area (Å²) in [5, 5.41) is 0.615. The van der Waals surface area contributed by atoms with Crippen LogP contribution in [0.4, 0.5) is 0 Å². The summed E-state index contributed by atoms with van der Waals surface area (Å²) in [6, 6.07) is 12.6. The summed E-state index contributed by atoms with van der Waals surface area (Å²) in [7, 11) is 0. The lowest BCUT2D eigenvalue weighted by atomic mass is 9.97. The Morgan fingerprint density at radius 1 is 1.26 bits per heavy atom. The van der Waals surface area contributed by atoms with Crippen LogP contribution in [0, 0.1) is 5.92 Å². The topological polar surface area (TPSA) is 70.7 Å². The number of para-hydroxylation sites is 2. The highest BCUT2D eigenvalue weighted by Crippen LogP contribution is 2.30. The van der Waals surface area contributed by atoms with Crippen LogP contribution in [0.1, 0.15) is 12.0 Å². The van der Waals surface area contributed by atoms with Crippen molar-refractivity contribution >= 4 is 28.7 Å². The minimum Gasteiger partial charge on any atom is -0.492 e. The van der Waals surface area contributed by atoms with Gasteiger partial charge < -0.3 is 13.9 Å². The molecule has 1 unspecified atom stereocenters. The summed E-state index contributed by atoms with van der Waals surface area (Å²) in [6.45, 7) is 0.936. The summed E-state index contributed by atoms with van der Waals surface area (Å²) in [6.07, 6.45) is 1.06. The Balaban J connectivity index is 1.31. The van der Waals surface area contributed by atoms with Crippen molar-refractivity contribution in [3.63, 3.8) is 0 Å². The van der Waals surface area contributed by atoms with Crippen LogP contribution in [0.25, 0.3) is 11.1 Å². The first kappa shape index (κ1) is 17.7. The predicted molar refractivity (Wildman–Crippen MR) is 100 cm³/mol. The lowest BCUT2D eigenvalue weighted by Gasteiger charge is -2.24. The van der Waals surface area contributed by atoms with E-state index >= 15 is 0 Å². The van der Waals surface area contributed by atoms with Gasteiger partial charge in [0.15, 0.2) is 5.58 Å². The molecule has 140 valence electrons. The van der Waals surface area contributed by atoms with Crippen molar-refractivity contribution in [3.05, 3.63) is 63.6 Å². The van der Waals surface area contributed by atoms with E-state index in [9.17, 15) is 9.59 Å². The number of aromatic nitrogens is 1. The average molecular weight is 388 g/mol. The predicted octanol–water partition coefficient (Wildman–Crippen LogP) is 3.43. The van der Waals surface area contributed by atoms with Gasteiger partial charge in [-0.3, -0.25) is 9.36 Å². The zero-order valence-corrected chi connectivity index (χ0v) is 15.3. The maximum atomic E-state index is 12.3. The Hall–Kier alpha value is -2.73. The molecule has 6 nitrogen and oxygen atoms in total. The van der Waals surface area contributed by atoms with E-state index in [1.807, 2.05) is 30.3 Å². The van der Waals surface area contributed by atoms with Crippen molar-refractivity contribution in [2.24, 2.45) is 5.92 Å². The summed E-state index contributed by atoms with van der Waals surface area (Å²) in [5.41, 5.74) is 2.20. The smallest absolute Gasteiger partial charge is 0.419 e. The fraction of sp³-hybridized carbons (Fsp3) is 0.300. The van der Waals surface area contributed by atoms with E-state index in [4.69, 9.17) is 25.5 Å². The highest BCUT2D eigenvalue weighted by molar-refractivity contribution is 6.30. The van der Waals surface area contributed by atoms with Crippen LogP contribution in [-0.4, -0.2) is 23.8 Å². The highest BCUT2D eigenvalue weighted by Gasteiger charge is 2.27. The quantitative estimate of drug-likeness (QED) is 0.495. The molecule has 2 heterocycles. The third-order valence-corrected chi connectivity index (χ3v) is 4.84. The van der Waals surface area contributed by atoms with E-state index in [-0.39, 0.29) is 18.5 Å². The van der Waals surface area contributed by atoms with E-state index in [0.717, 1.165) is 16.8 Å². The van der Waals surface area contributed by atoms with Crippen molar-refractivity contribution in [3.8, 4) is 5.75 Å². The Kier molecular flexibility index (Phi) is 4.90. The molecule has 0 amide bonds. The molecule has 0 N–H and O–H groups in total. The standard InChI is InChI=1S/C20H18ClNO5/c21-15-6-7-17-13(11-15)10-14(12-26-17)19(23)25-9-3-8-22-16-4-1-2-5-18(16)27-20(22)24/h1-2,4-7,11,14H,3,8-10,12H2.